The van der Waals surface area contributed by atoms with Gasteiger partial charge in [-0.1, -0.05) is 86.2 Å². The number of aliphatic hydroxyl groups excluding tert-OH is 1. The number of fused-ring (bicyclic) bond motifs is 3. The number of nitrogens with zero attached hydrogens (tertiary/aromatic N) is 8. The minimum Gasteiger partial charge on any atom is -0.388 e. The third-order valence-corrected chi connectivity index (χ3v) is 14.2. The van der Waals surface area contributed by atoms with Crippen molar-refractivity contribution in [2.45, 2.75) is 95.9 Å². The normalized spacial score (nSPS) is 15.0. The highest BCUT2D eigenvalue weighted by Gasteiger charge is 2.32. The van der Waals surface area contributed by atoms with Gasteiger partial charge in [0.2, 0.25) is 5.91 Å². The van der Waals surface area contributed by atoms with Crippen molar-refractivity contribution in [1.82, 2.24) is 55.2 Å². The molecule has 1 amide bonds. The zero-order valence-electron chi connectivity index (χ0n) is 40.5. The molecule has 0 spiro atoms. The monoisotopic (exact) mass is 985 g/mol. The molecule has 3 aromatic heterocycles. The van der Waals surface area contributed by atoms with E-state index in [4.69, 9.17) is 33.3 Å². The number of aryl methyl sites for hydroxylation is 1. The molecular weight excluding hydrogens is 916 g/mol. The van der Waals surface area contributed by atoms with Gasteiger partial charge in [-0.25, -0.2) is 4.99 Å². The van der Waals surface area contributed by atoms with Gasteiger partial charge >= 0.3 is 0 Å². The second-order valence-corrected chi connectivity index (χ2v) is 19.6. The number of aromatic nitrogens is 5. The number of allylic oxidation sites excluding steroid dienone is 1. The third-order valence-electron chi connectivity index (χ3n) is 13.4. The molecule has 2 aliphatic heterocycles. The van der Waals surface area contributed by atoms with Crippen LogP contribution in [0, 0.1) is 0 Å². The van der Waals surface area contributed by atoms with Gasteiger partial charge in [0.1, 0.15) is 12.3 Å². The van der Waals surface area contributed by atoms with Gasteiger partial charge in [0, 0.05) is 113 Å². The molecule has 7 rings (SSSR count). The molecule has 0 radical (unpaired) electrons. The van der Waals surface area contributed by atoms with E-state index in [1.807, 2.05) is 54.1 Å². The molecule has 0 aliphatic carbocycles. The lowest BCUT2D eigenvalue weighted by molar-refractivity contribution is -0.135. The molecule has 6 N–H and O–H groups in total. The van der Waals surface area contributed by atoms with E-state index in [1.54, 1.807) is 15.9 Å². The van der Waals surface area contributed by atoms with Crippen molar-refractivity contribution in [3.8, 4) is 22.5 Å². The maximum absolute atomic E-state index is 12.3. The number of nitrogens with one attached hydrogen (secondary N) is 4. The van der Waals surface area contributed by atoms with E-state index in [0.29, 0.717) is 67.7 Å². The molecule has 0 saturated carbocycles. The smallest absolute Gasteiger partial charge is 0.248 e. The molecule has 5 heterocycles. The average Bonchev–Trinajstić information content (AvgIpc) is 4.07. The highest BCUT2D eigenvalue weighted by atomic mass is 35.5. The second kappa shape index (κ2) is 24.7. The van der Waals surface area contributed by atoms with Gasteiger partial charge in [-0.15, -0.1) is 0 Å². The fourth-order valence-electron chi connectivity index (χ4n) is 9.47. The number of unbranched alkanes of at least 4 members (excludes halogenated alkanes) is 6. The summed E-state index contributed by atoms with van der Waals surface area (Å²) in [5, 5.41) is 42.1. The Morgan fingerprint density at radius 3 is 2.48 bits per heavy atom. The van der Waals surface area contributed by atoms with Crippen LogP contribution in [0.5, 0.6) is 0 Å². The summed E-state index contributed by atoms with van der Waals surface area (Å²) in [6.45, 7) is 10.7. The van der Waals surface area contributed by atoms with Crippen molar-refractivity contribution in [2.75, 3.05) is 66.6 Å². The molecule has 18 heteroatoms. The summed E-state index contributed by atoms with van der Waals surface area (Å²) >= 11 is 13.2. The first-order chi connectivity index (χ1) is 33.4. The van der Waals surface area contributed by atoms with Gasteiger partial charge < -0.3 is 45.8 Å². The molecule has 1 fully saturated rings. The number of rotatable bonds is 26. The molecule has 1 saturated heterocycles. The Bertz CT molecular complexity index is 2540. The summed E-state index contributed by atoms with van der Waals surface area (Å²) in [6, 6.07) is 12.1. The maximum atomic E-state index is 12.3. The zero-order valence-corrected chi connectivity index (χ0v) is 42.0. The summed E-state index contributed by atoms with van der Waals surface area (Å²) in [4.78, 5) is 38.2. The number of halogens is 2. The van der Waals surface area contributed by atoms with Crippen LogP contribution in [-0.2, 0) is 37.9 Å². The Morgan fingerprint density at radius 2 is 1.74 bits per heavy atom. The summed E-state index contributed by atoms with van der Waals surface area (Å²) in [5.41, 5.74) is 8.32. The number of aliphatic imine (C=N–C) groups is 1. The molecule has 0 atom stereocenters. The summed E-state index contributed by atoms with van der Waals surface area (Å²) in [7, 11) is 5.79. The number of amides is 1. The van der Waals surface area contributed by atoms with E-state index < -0.39 is 12.2 Å². The van der Waals surface area contributed by atoms with Crippen LogP contribution < -0.4 is 16.0 Å². The first-order valence-corrected chi connectivity index (χ1v) is 25.2. The Labute approximate surface area is 416 Å². The van der Waals surface area contributed by atoms with E-state index in [0.717, 1.165) is 114 Å². The van der Waals surface area contributed by atoms with Crippen LogP contribution in [0.25, 0.3) is 33.4 Å². The minimum absolute atomic E-state index is 0.284. The Kier molecular flexibility index (Phi) is 18.5. The van der Waals surface area contributed by atoms with Gasteiger partial charge in [-0.3, -0.25) is 19.0 Å². The molecule has 69 heavy (non-hydrogen) atoms. The summed E-state index contributed by atoms with van der Waals surface area (Å²) in [6.07, 6.45) is 15.8. The van der Waals surface area contributed by atoms with E-state index in [1.165, 1.54) is 32.1 Å². The number of carbonyl (C=O) groups is 2. The first kappa shape index (κ1) is 51.8. The zero-order chi connectivity index (χ0) is 48.9. The standard InChI is InChI=1S/C51H70Cl2N12O4/c1-36(56-22-27-65-24-18-43(60-65)39-28-41(52)47(53)49-46(39)40-30-64(45(68)32-67)23-17-42(40)58-49)12-10-8-6-5-7-9-11-21-54-34-55-29-37-13-15-38(16-14-37)50-48(44(31-66)59-63(50)4)57-35-62(3)33-51(69)19-25-61(2)26-20-51/h13-16,18,24,28,31,35,54-56,58,67,69H,1,5-12,17,19-23,25-27,29-30,32-34H2,2-4H3. The highest BCUT2D eigenvalue weighted by Crippen LogP contribution is 2.42. The van der Waals surface area contributed by atoms with E-state index in [-0.39, 0.29) is 11.6 Å². The minimum atomic E-state index is -0.758. The molecule has 2 aromatic carbocycles. The second-order valence-electron chi connectivity index (χ2n) is 18.8. The SMILES string of the molecule is C=C(CCCCCCCCCNCNCc1ccc(-c2c(N=CN(C)CC3(O)CCN(C)CC3)c(C=O)nn2C)cc1)NCCn1ccc(-c2cc(Cl)c(Cl)c3[nH]c4c(c23)CN(C(=O)CO)CC4)n1. The molecule has 5 aromatic rings. The van der Waals surface area contributed by atoms with Gasteiger partial charge in [-0.05, 0) is 63.4 Å². The van der Waals surface area contributed by atoms with E-state index in [2.05, 4.69) is 56.7 Å². The van der Waals surface area contributed by atoms with Crippen molar-refractivity contribution in [3.05, 3.63) is 87.4 Å². The number of hydrogen-bond acceptors (Lipinski definition) is 11. The highest BCUT2D eigenvalue weighted by molar-refractivity contribution is 6.45. The van der Waals surface area contributed by atoms with Crippen molar-refractivity contribution in [2.24, 2.45) is 12.0 Å². The van der Waals surface area contributed by atoms with E-state index in [9.17, 15) is 19.8 Å². The van der Waals surface area contributed by atoms with Crippen molar-refractivity contribution in [3.63, 3.8) is 0 Å². The van der Waals surface area contributed by atoms with Crippen molar-refractivity contribution < 1.29 is 19.8 Å². The third kappa shape index (κ3) is 13.6. The average molecular weight is 986 g/mol. The largest absolute Gasteiger partial charge is 0.388 e. The van der Waals surface area contributed by atoms with Crippen LogP contribution >= 0.6 is 23.2 Å². The van der Waals surface area contributed by atoms with Gasteiger partial charge in [0.15, 0.2) is 12.0 Å². The van der Waals surface area contributed by atoms with Gasteiger partial charge in [-0.2, -0.15) is 10.2 Å². The number of aliphatic hydroxyl groups is 2. The Morgan fingerprint density at radius 1 is 1.00 bits per heavy atom. The molecular formula is C51H70Cl2N12O4. The molecule has 0 bridgehead atoms. The van der Waals surface area contributed by atoms with Crippen molar-refractivity contribution in [1.29, 1.82) is 0 Å². The van der Waals surface area contributed by atoms with Crippen LogP contribution in [0.2, 0.25) is 10.0 Å². The van der Waals surface area contributed by atoms with Gasteiger partial charge in [0.25, 0.3) is 0 Å². The summed E-state index contributed by atoms with van der Waals surface area (Å²) < 4.78 is 3.61. The molecule has 2 aliphatic rings. The lowest BCUT2D eigenvalue weighted by atomic mass is 9.91. The Hall–Kier alpha value is -5.07. The van der Waals surface area contributed by atoms with Crippen LogP contribution in [0.1, 0.15) is 91.5 Å². The van der Waals surface area contributed by atoms with Crippen LogP contribution in [0.15, 0.2) is 59.9 Å². The Balaban J connectivity index is 0.728. The maximum Gasteiger partial charge on any atom is 0.248 e. The topological polar surface area (TPSA) is 184 Å². The number of likely N-dealkylation sites (tertiary alicyclic amines) is 1. The molecule has 0 unspecified atom stereocenters. The number of piperidine rings is 1. The van der Waals surface area contributed by atoms with Crippen molar-refractivity contribution >= 4 is 58.3 Å². The number of likely N-dealkylation sites (N-methyl/N-ethyl adjacent to an activating group) is 1. The fourth-order valence-corrected chi connectivity index (χ4v) is 9.87. The molecule has 372 valence electrons. The predicted molar refractivity (Wildman–Crippen MR) is 276 cm³/mol. The number of hydrogen-bond donors (Lipinski definition) is 6. The van der Waals surface area contributed by atoms with Crippen LogP contribution in [0.3, 0.4) is 0 Å². The van der Waals surface area contributed by atoms with Crippen LogP contribution in [0.4, 0.5) is 5.69 Å². The molecule has 16 nitrogen and oxygen atoms in total. The lowest BCUT2D eigenvalue weighted by Crippen LogP contribution is -2.49. The number of benzene rings is 2. The predicted octanol–water partition coefficient (Wildman–Crippen LogP) is 7.04. The van der Waals surface area contributed by atoms with Crippen LogP contribution in [-0.4, -0.2) is 140 Å². The van der Waals surface area contributed by atoms with Gasteiger partial charge in [0.05, 0.1) is 45.4 Å². The van der Waals surface area contributed by atoms with E-state index >= 15 is 0 Å². The lowest BCUT2D eigenvalue weighted by Gasteiger charge is -2.38. The quantitative estimate of drug-likeness (QED) is 0.0110. The number of aldehydes is 1. The number of H-pyrrole nitrogens is 1. The first-order valence-electron chi connectivity index (χ1n) is 24.4. The number of aromatic amines is 1. The summed E-state index contributed by atoms with van der Waals surface area (Å²) in [5.74, 6) is -0.295. The number of carbonyl (C=O) groups excluding carboxylic acids is 2. The fraction of sp³-hybridized carbons (Fsp3) is 0.510.